The number of nitrogens with one attached hydrogen (secondary N) is 2. The van der Waals surface area contributed by atoms with Gasteiger partial charge in [-0.2, -0.15) is 0 Å². The van der Waals surface area contributed by atoms with Crippen LogP contribution in [0.4, 0.5) is 4.79 Å². The molecule has 0 aliphatic heterocycles. The van der Waals surface area contributed by atoms with E-state index in [1.807, 2.05) is 6.92 Å². The first kappa shape index (κ1) is 19.6. The van der Waals surface area contributed by atoms with Crippen LogP contribution in [-0.2, 0) is 4.74 Å². The zero-order valence-corrected chi connectivity index (χ0v) is 12.8. The summed E-state index contributed by atoms with van der Waals surface area (Å²) in [7, 11) is 0. The van der Waals surface area contributed by atoms with Crippen molar-refractivity contribution in [1.82, 2.24) is 10.6 Å². The molecule has 0 saturated heterocycles. The van der Waals surface area contributed by atoms with Gasteiger partial charge in [0.1, 0.15) is 5.84 Å². The van der Waals surface area contributed by atoms with Crippen molar-refractivity contribution in [1.29, 1.82) is 0 Å². The number of ether oxygens (including phenoxy) is 1. The van der Waals surface area contributed by atoms with Gasteiger partial charge in [-0.3, -0.25) is 5.32 Å². The van der Waals surface area contributed by atoms with Crippen molar-refractivity contribution in [2.24, 2.45) is 4.99 Å². The first-order valence-electron chi connectivity index (χ1n) is 6.11. The van der Waals surface area contributed by atoms with Crippen LogP contribution in [0.25, 0.3) is 0 Å². The van der Waals surface area contributed by atoms with Gasteiger partial charge in [0.25, 0.3) is 0 Å². The maximum absolute atomic E-state index is 11.0. The maximum atomic E-state index is 11.0. The molecule has 6 heteroatoms. The van der Waals surface area contributed by atoms with Gasteiger partial charge in [0.2, 0.25) is 0 Å². The molecule has 0 aliphatic carbocycles. The van der Waals surface area contributed by atoms with Crippen LogP contribution in [0.5, 0.6) is 0 Å². The van der Waals surface area contributed by atoms with Crippen LogP contribution in [0.1, 0.15) is 34.1 Å². The molecular formula is C13H23N3O2S. The third-order valence-electron chi connectivity index (χ3n) is 1.29. The maximum Gasteiger partial charge on any atom is 0.413 e. The first-order valence-corrected chi connectivity index (χ1v) is 6.52. The zero-order valence-electron chi connectivity index (χ0n) is 12.0. The molecule has 0 spiro atoms. The lowest BCUT2D eigenvalue weighted by molar-refractivity contribution is 0.158. The van der Waals surface area contributed by atoms with Gasteiger partial charge in [0.05, 0.1) is 6.61 Å². The number of hydrogen-bond donors (Lipinski definition) is 2. The summed E-state index contributed by atoms with van der Waals surface area (Å²) in [4.78, 5) is 15.0. The molecule has 0 atom stereocenters. The van der Waals surface area contributed by atoms with E-state index < -0.39 is 6.09 Å². The predicted molar refractivity (Wildman–Crippen MR) is 84.3 cm³/mol. The Morgan fingerprint density at radius 1 is 1.37 bits per heavy atom. The van der Waals surface area contributed by atoms with Gasteiger partial charge >= 0.3 is 6.09 Å². The highest BCUT2D eigenvalue weighted by molar-refractivity contribution is 7.80. The van der Waals surface area contributed by atoms with Gasteiger partial charge in [-0.25, -0.2) is 9.79 Å². The number of hydrogen-bond acceptors (Lipinski definition) is 4. The van der Waals surface area contributed by atoms with E-state index in [0.717, 1.165) is 0 Å². The van der Waals surface area contributed by atoms with Crippen LogP contribution in [0.3, 0.4) is 0 Å². The van der Waals surface area contributed by atoms with Crippen LogP contribution < -0.4 is 10.6 Å². The van der Waals surface area contributed by atoms with E-state index in [1.165, 1.54) is 12.5 Å². The molecule has 0 heterocycles. The lowest BCUT2D eigenvalue weighted by Crippen LogP contribution is -2.41. The summed E-state index contributed by atoms with van der Waals surface area (Å²) in [6, 6.07) is 0. The van der Waals surface area contributed by atoms with Crippen LogP contribution in [0.2, 0.25) is 0 Å². The monoisotopic (exact) mass is 285 g/mol. The van der Waals surface area contributed by atoms with Crippen molar-refractivity contribution >= 4 is 29.3 Å². The molecule has 0 aliphatic rings. The van der Waals surface area contributed by atoms with Crippen molar-refractivity contribution < 1.29 is 9.53 Å². The highest BCUT2D eigenvalue weighted by Crippen LogP contribution is 1.82. The summed E-state index contributed by atoms with van der Waals surface area (Å²) in [5.74, 6) is 0.444. The Morgan fingerprint density at radius 3 is 2.37 bits per heavy atom. The summed E-state index contributed by atoms with van der Waals surface area (Å²) in [5.41, 5.74) is 0. The molecule has 5 nitrogen and oxygen atoms in total. The highest BCUT2D eigenvalue weighted by atomic mass is 32.1. The fourth-order valence-corrected chi connectivity index (χ4v) is 0.886. The number of alkyl carbamates (subject to hydrolysis) is 1. The molecule has 0 unspecified atom stereocenters. The average Bonchev–Trinajstić information content (AvgIpc) is 2.35. The van der Waals surface area contributed by atoms with E-state index in [2.05, 4.69) is 40.8 Å². The fraction of sp³-hybridized carbons (Fsp3) is 0.462. The minimum absolute atomic E-state index is 0.113. The Bertz CT molecular complexity index is 339. The van der Waals surface area contributed by atoms with E-state index in [-0.39, 0.29) is 11.7 Å². The molecule has 0 radical (unpaired) electrons. The zero-order chi connectivity index (χ0) is 15.1. The van der Waals surface area contributed by atoms with Crippen molar-refractivity contribution in [2.75, 3.05) is 6.61 Å². The lowest BCUT2D eigenvalue weighted by Gasteiger charge is -2.08. The van der Waals surface area contributed by atoms with Crippen molar-refractivity contribution in [3.05, 3.63) is 24.9 Å². The number of allylic oxidation sites excluding steroid dienone is 1. The van der Waals surface area contributed by atoms with Gasteiger partial charge in [0, 0.05) is 6.20 Å². The normalized spacial score (nSPS) is 10.2. The second-order valence-corrected chi connectivity index (χ2v) is 3.62. The topological polar surface area (TPSA) is 62.7 Å². The molecule has 0 aromatic rings. The molecule has 0 saturated carbocycles. The average molecular weight is 285 g/mol. The van der Waals surface area contributed by atoms with Gasteiger partial charge < -0.3 is 10.1 Å². The molecule has 19 heavy (non-hydrogen) atoms. The van der Waals surface area contributed by atoms with Gasteiger partial charge in [-0.15, -0.1) is 0 Å². The number of nitrogens with zero attached hydrogens (tertiary/aromatic N) is 1. The molecule has 1 amide bonds. The third-order valence-corrected chi connectivity index (χ3v) is 1.49. The Kier molecular flexibility index (Phi) is 14.9. The minimum Gasteiger partial charge on any atom is -0.450 e. The van der Waals surface area contributed by atoms with E-state index in [4.69, 9.17) is 12.2 Å². The molecule has 2 N–H and O–H groups in total. The smallest absolute Gasteiger partial charge is 0.413 e. The summed E-state index contributed by atoms with van der Waals surface area (Å²) >= 11 is 4.86. The van der Waals surface area contributed by atoms with Crippen molar-refractivity contribution in [3.8, 4) is 0 Å². The van der Waals surface area contributed by atoms with E-state index in [9.17, 15) is 4.79 Å². The number of carbonyl (C=O) groups excluding carboxylic acids is 1. The minimum atomic E-state index is -0.602. The first-order chi connectivity index (χ1) is 9.05. The quantitative estimate of drug-likeness (QED) is 0.475. The SMILES string of the molecule is C=CC(=N/C=C\C)NC(=S)NC(=O)OCC.CCC. The Labute approximate surface area is 120 Å². The Hall–Kier alpha value is -1.69. The van der Waals surface area contributed by atoms with Gasteiger partial charge in [0.15, 0.2) is 5.11 Å². The summed E-state index contributed by atoms with van der Waals surface area (Å²) < 4.78 is 4.65. The summed E-state index contributed by atoms with van der Waals surface area (Å²) in [6.45, 7) is 11.6. The van der Waals surface area contributed by atoms with Crippen LogP contribution in [-0.4, -0.2) is 23.6 Å². The number of amides is 1. The number of rotatable bonds is 3. The van der Waals surface area contributed by atoms with Crippen LogP contribution in [0, 0.1) is 0 Å². The second kappa shape index (κ2) is 14.4. The molecule has 0 rings (SSSR count). The van der Waals surface area contributed by atoms with E-state index in [1.54, 1.807) is 19.2 Å². The summed E-state index contributed by atoms with van der Waals surface area (Å²) in [6.07, 6.45) is 5.47. The number of amidine groups is 1. The number of carbonyl (C=O) groups is 1. The van der Waals surface area contributed by atoms with E-state index >= 15 is 0 Å². The molecule has 0 fully saturated rings. The Morgan fingerprint density at radius 2 is 1.95 bits per heavy atom. The molecule has 0 bridgehead atoms. The van der Waals surface area contributed by atoms with Crippen LogP contribution >= 0.6 is 12.2 Å². The molecular weight excluding hydrogens is 262 g/mol. The Balaban J connectivity index is 0. The van der Waals surface area contributed by atoms with Gasteiger partial charge in [-0.1, -0.05) is 32.9 Å². The van der Waals surface area contributed by atoms with Gasteiger partial charge in [-0.05, 0) is 32.1 Å². The molecule has 0 aromatic heterocycles. The standard InChI is InChI=1S/C10H15N3O2S.C3H8/c1-4-7-11-8(5-2)12-9(16)13-10(14)15-6-3;1-3-2/h4-5,7H,2,6H2,1,3H3,(H2,11,12,13,14,16);3H2,1-2H3/b7-4-;. The fourth-order valence-electron chi connectivity index (χ4n) is 0.698. The number of thiocarbonyl (C=S) groups is 1. The molecule has 0 aromatic carbocycles. The number of aliphatic imine (C=N–C) groups is 1. The van der Waals surface area contributed by atoms with Crippen molar-refractivity contribution in [3.63, 3.8) is 0 Å². The summed E-state index contributed by atoms with van der Waals surface area (Å²) in [5, 5.41) is 5.13. The largest absolute Gasteiger partial charge is 0.450 e. The lowest BCUT2D eigenvalue weighted by atomic mass is 10.5. The second-order valence-electron chi connectivity index (χ2n) is 3.21. The van der Waals surface area contributed by atoms with Crippen molar-refractivity contribution in [2.45, 2.75) is 34.1 Å². The van der Waals surface area contributed by atoms with E-state index in [0.29, 0.717) is 5.84 Å². The molecule has 108 valence electrons. The van der Waals surface area contributed by atoms with Crippen LogP contribution in [0.15, 0.2) is 29.9 Å². The predicted octanol–water partition coefficient (Wildman–Crippen LogP) is 3.14. The third kappa shape index (κ3) is 14.2. The highest BCUT2D eigenvalue weighted by Gasteiger charge is 2.04.